The van der Waals surface area contributed by atoms with E-state index in [9.17, 15) is 0 Å². The van der Waals surface area contributed by atoms with Gasteiger partial charge in [-0.25, -0.2) is 4.68 Å². The number of nitrogens with zero attached hydrogens (tertiary/aromatic N) is 3. The summed E-state index contributed by atoms with van der Waals surface area (Å²) in [6.45, 7) is 0. The number of H-pyrrole nitrogens is 1. The van der Waals surface area contributed by atoms with Crippen LogP contribution in [0.5, 0.6) is 0 Å². The maximum atomic E-state index is 4.95. The van der Waals surface area contributed by atoms with Gasteiger partial charge in [-0.2, -0.15) is 5.21 Å². The molecule has 12 heavy (non-hydrogen) atoms. The molecule has 0 fully saturated rings. The molecule has 1 aliphatic rings. The molecule has 1 aliphatic carbocycles. The topological polar surface area (TPSA) is 46.5 Å². The molecule has 0 radical (unpaired) electrons. The van der Waals surface area contributed by atoms with Crippen molar-refractivity contribution in [1.29, 1.82) is 0 Å². The van der Waals surface area contributed by atoms with Crippen LogP contribution in [0.15, 0.2) is 18.2 Å². The first-order valence-corrected chi connectivity index (χ1v) is 4.16. The van der Waals surface area contributed by atoms with Crippen molar-refractivity contribution < 1.29 is 0 Å². The highest BCUT2D eigenvalue weighted by atomic mass is 32.1. The molecule has 2 rings (SSSR count). The summed E-state index contributed by atoms with van der Waals surface area (Å²) in [5.74, 6) is 0. The van der Waals surface area contributed by atoms with E-state index in [0.29, 0.717) is 4.77 Å². The van der Waals surface area contributed by atoms with Gasteiger partial charge < -0.3 is 0 Å². The minimum Gasteiger partial charge on any atom is -0.210 e. The van der Waals surface area contributed by atoms with Gasteiger partial charge in [-0.15, -0.1) is 0 Å². The Bertz CT molecular complexity index is 384. The first kappa shape index (κ1) is 7.42. The van der Waals surface area contributed by atoms with Crippen molar-refractivity contribution in [2.75, 3.05) is 0 Å². The minimum absolute atomic E-state index is 0.466. The van der Waals surface area contributed by atoms with Crippen LogP contribution in [0.25, 0.3) is 5.70 Å². The van der Waals surface area contributed by atoms with E-state index in [1.165, 1.54) is 0 Å². The number of nitrogens with one attached hydrogen (secondary N) is 1. The zero-order valence-corrected chi connectivity index (χ0v) is 7.21. The molecule has 1 aromatic heterocycles. The van der Waals surface area contributed by atoms with Gasteiger partial charge in [-0.1, -0.05) is 22.5 Å². The van der Waals surface area contributed by atoms with Crippen molar-refractivity contribution in [2.24, 2.45) is 0 Å². The summed E-state index contributed by atoms with van der Waals surface area (Å²) in [5, 5.41) is 10.0. The van der Waals surface area contributed by atoms with Gasteiger partial charge in [0.1, 0.15) is 0 Å². The predicted octanol–water partition coefficient (Wildman–Crippen LogP) is 1.53. The van der Waals surface area contributed by atoms with Crippen LogP contribution in [0.1, 0.15) is 12.8 Å². The standard InChI is InChI=1S/C7H8N4S/c12-7-8-9-10-11(7)6-4-2-1-3-5-6/h2,4-5H,1,3H2,(H,8,10,12). The second-order valence-electron chi connectivity index (χ2n) is 2.53. The fourth-order valence-electron chi connectivity index (χ4n) is 1.13. The van der Waals surface area contributed by atoms with Gasteiger partial charge >= 0.3 is 0 Å². The Hall–Kier alpha value is -1.23. The zero-order chi connectivity index (χ0) is 8.39. The molecule has 0 saturated heterocycles. The van der Waals surface area contributed by atoms with Crippen molar-refractivity contribution in [1.82, 2.24) is 20.2 Å². The molecular formula is C7H8N4S. The van der Waals surface area contributed by atoms with Crippen LogP contribution in [0.2, 0.25) is 0 Å². The van der Waals surface area contributed by atoms with Crippen molar-refractivity contribution in [3.05, 3.63) is 23.0 Å². The molecule has 5 heteroatoms. The Kier molecular flexibility index (Phi) is 1.87. The lowest BCUT2D eigenvalue weighted by atomic mass is 10.1. The molecule has 0 bridgehead atoms. The highest BCUT2D eigenvalue weighted by molar-refractivity contribution is 7.71. The maximum Gasteiger partial charge on any atom is 0.242 e. The summed E-state index contributed by atoms with van der Waals surface area (Å²) in [4.78, 5) is 0. The van der Waals surface area contributed by atoms with E-state index in [-0.39, 0.29) is 0 Å². The van der Waals surface area contributed by atoms with E-state index < -0.39 is 0 Å². The van der Waals surface area contributed by atoms with Gasteiger partial charge in [-0.3, -0.25) is 0 Å². The minimum atomic E-state index is 0.466. The maximum absolute atomic E-state index is 4.95. The Morgan fingerprint density at radius 1 is 1.50 bits per heavy atom. The Labute approximate surface area is 74.6 Å². The van der Waals surface area contributed by atoms with E-state index in [1.807, 2.05) is 6.08 Å². The van der Waals surface area contributed by atoms with Gasteiger partial charge in [0, 0.05) is 0 Å². The molecule has 0 amide bonds. The Balaban J connectivity index is 2.43. The number of tetrazole rings is 1. The third-order valence-electron chi connectivity index (χ3n) is 1.71. The van der Waals surface area contributed by atoms with Crippen LogP contribution in [0.3, 0.4) is 0 Å². The lowest BCUT2D eigenvalue weighted by Gasteiger charge is -2.04. The van der Waals surface area contributed by atoms with Gasteiger partial charge in [0.15, 0.2) is 0 Å². The number of rotatable bonds is 1. The van der Waals surface area contributed by atoms with Crippen LogP contribution in [-0.4, -0.2) is 20.2 Å². The van der Waals surface area contributed by atoms with Crippen molar-refractivity contribution >= 4 is 17.9 Å². The van der Waals surface area contributed by atoms with Crippen LogP contribution in [-0.2, 0) is 0 Å². The second kappa shape index (κ2) is 3.02. The van der Waals surface area contributed by atoms with Crippen LogP contribution in [0.4, 0.5) is 0 Å². The zero-order valence-electron chi connectivity index (χ0n) is 6.40. The third-order valence-corrected chi connectivity index (χ3v) is 1.97. The lowest BCUT2D eigenvalue weighted by Crippen LogP contribution is -1.99. The molecule has 0 atom stereocenters. The van der Waals surface area contributed by atoms with Crippen LogP contribution in [0, 0.1) is 4.77 Å². The van der Waals surface area contributed by atoms with E-state index in [1.54, 1.807) is 4.68 Å². The molecule has 1 aromatic rings. The molecule has 1 N–H and O–H groups in total. The van der Waals surface area contributed by atoms with Crippen LogP contribution < -0.4 is 0 Å². The molecule has 0 spiro atoms. The van der Waals surface area contributed by atoms with Crippen molar-refractivity contribution in [3.8, 4) is 0 Å². The highest BCUT2D eigenvalue weighted by Crippen LogP contribution is 2.12. The van der Waals surface area contributed by atoms with Gasteiger partial charge in [-0.05, 0) is 31.1 Å². The van der Waals surface area contributed by atoms with Crippen LogP contribution >= 0.6 is 12.2 Å². The third kappa shape index (κ3) is 1.23. The van der Waals surface area contributed by atoms with E-state index in [4.69, 9.17) is 12.2 Å². The number of hydrogen-bond donors (Lipinski definition) is 1. The van der Waals surface area contributed by atoms with Crippen molar-refractivity contribution in [3.63, 3.8) is 0 Å². The molecule has 0 aromatic carbocycles. The number of aromatic amines is 1. The van der Waals surface area contributed by atoms with E-state index >= 15 is 0 Å². The highest BCUT2D eigenvalue weighted by Gasteiger charge is 2.01. The molecule has 1 heterocycles. The molecule has 0 unspecified atom stereocenters. The summed E-state index contributed by atoms with van der Waals surface area (Å²) >= 11 is 4.95. The fourth-order valence-corrected chi connectivity index (χ4v) is 1.32. The quantitative estimate of drug-likeness (QED) is 0.666. The smallest absolute Gasteiger partial charge is 0.210 e. The summed E-state index contributed by atoms with van der Waals surface area (Å²) in [7, 11) is 0. The Morgan fingerprint density at radius 3 is 3.00 bits per heavy atom. The number of hydrogen-bond acceptors (Lipinski definition) is 3. The number of aromatic nitrogens is 4. The molecule has 4 nitrogen and oxygen atoms in total. The van der Waals surface area contributed by atoms with Gasteiger partial charge in [0.2, 0.25) is 4.77 Å². The first-order valence-electron chi connectivity index (χ1n) is 3.75. The first-order chi connectivity index (χ1) is 5.88. The largest absolute Gasteiger partial charge is 0.242 e. The average Bonchev–Trinajstić information content (AvgIpc) is 2.53. The summed E-state index contributed by atoms with van der Waals surface area (Å²) < 4.78 is 2.15. The monoisotopic (exact) mass is 180 g/mol. The second-order valence-corrected chi connectivity index (χ2v) is 2.89. The van der Waals surface area contributed by atoms with Gasteiger partial charge in [0.25, 0.3) is 0 Å². The van der Waals surface area contributed by atoms with Gasteiger partial charge in [0.05, 0.1) is 5.70 Å². The predicted molar refractivity (Wildman–Crippen MR) is 47.9 cm³/mol. The lowest BCUT2D eigenvalue weighted by molar-refractivity contribution is 0.796. The normalized spacial score (nSPS) is 16.2. The number of allylic oxidation sites excluding steroid dienone is 4. The molecular weight excluding hydrogens is 172 g/mol. The molecule has 0 aliphatic heterocycles. The fraction of sp³-hybridized carbons (Fsp3) is 0.286. The SMILES string of the molecule is S=c1nn[nH]n1C1=CCCC=C1. The summed E-state index contributed by atoms with van der Waals surface area (Å²) in [6, 6.07) is 0. The molecule has 0 saturated carbocycles. The molecule has 62 valence electrons. The Morgan fingerprint density at radius 2 is 2.42 bits per heavy atom. The van der Waals surface area contributed by atoms with E-state index in [0.717, 1.165) is 18.5 Å². The summed E-state index contributed by atoms with van der Waals surface area (Å²) in [5.41, 5.74) is 1.02. The summed E-state index contributed by atoms with van der Waals surface area (Å²) in [6.07, 6.45) is 8.37. The van der Waals surface area contributed by atoms with Crippen molar-refractivity contribution in [2.45, 2.75) is 12.8 Å². The average molecular weight is 180 g/mol. The van der Waals surface area contributed by atoms with E-state index in [2.05, 4.69) is 27.7 Å².